The number of halogens is 1. The van der Waals surface area contributed by atoms with Crippen LogP contribution < -0.4 is 10.6 Å². The smallest absolute Gasteiger partial charge is 0.125 e. The molecule has 0 bridgehead atoms. The Labute approximate surface area is 114 Å². The summed E-state index contributed by atoms with van der Waals surface area (Å²) in [5, 5.41) is 0. The maximum absolute atomic E-state index is 13.7. The van der Waals surface area contributed by atoms with Crippen LogP contribution in [0.3, 0.4) is 0 Å². The number of benzene rings is 1. The van der Waals surface area contributed by atoms with Crippen molar-refractivity contribution >= 4 is 5.69 Å². The minimum Gasteiger partial charge on any atom is -0.377 e. The van der Waals surface area contributed by atoms with Gasteiger partial charge in [0.1, 0.15) is 5.82 Å². The number of piperidine rings is 1. The molecule has 4 heteroatoms. The lowest BCUT2D eigenvalue weighted by atomic mass is 10.1. The minimum atomic E-state index is -0.181. The molecule has 1 aromatic rings. The molecule has 1 aromatic carbocycles. The average molecular weight is 266 g/mol. The first-order valence-corrected chi connectivity index (χ1v) is 7.09. The van der Waals surface area contributed by atoms with Crippen molar-refractivity contribution in [1.29, 1.82) is 0 Å². The number of rotatable bonds is 5. The van der Waals surface area contributed by atoms with Crippen molar-refractivity contribution in [3.8, 4) is 0 Å². The Morgan fingerprint density at radius 3 is 3.00 bits per heavy atom. The van der Waals surface area contributed by atoms with Gasteiger partial charge in [-0.1, -0.05) is 0 Å². The Morgan fingerprint density at radius 1 is 1.42 bits per heavy atom. The maximum atomic E-state index is 13.7. The summed E-state index contributed by atoms with van der Waals surface area (Å²) in [6.45, 7) is 5.11. The monoisotopic (exact) mass is 266 g/mol. The minimum absolute atomic E-state index is 0.181. The van der Waals surface area contributed by atoms with Crippen LogP contribution >= 0.6 is 0 Å². The summed E-state index contributed by atoms with van der Waals surface area (Å²) in [6.07, 6.45) is 3.16. The number of hydrogen-bond acceptors (Lipinski definition) is 3. The maximum Gasteiger partial charge on any atom is 0.125 e. The molecule has 2 rings (SSSR count). The predicted octanol–water partition coefficient (Wildman–Crippen LogP) is 2.33. The molecule has 0 aliphatic carbocycles. The fourth-order valence-electron chi connectivity index (χ4n) is 2.67. The normalized spacial score (nSPS) is 19.7. The van der Waals surface area contributed by atoms with Crippen LogP contribution in [0, 0.1) is 5.82 Å². The summed E-state index contributed by atoms with van der Waals surface area (Å²) in [5.41, 5.74) is 7.46. The molecule has 3 nitrogen and oxygen atoms in total. The second kappa shape index (κ2) is 6.87. The first kappa shape index (κ1) is 14.3. The van der Waals surface area contributed by atoms with E-state index in [-0.39, 0.29) is 11.9 Å². The highest BCUT2D eigenvalue weighted by atomic mass is 19.1. The standard InChI is InChI=1S/C15H23FN2O/c1-2-19-15-4-3-7-18(11-15)14-9-12(5-6-17)8-13(16)10-14/h8-10,15H,2-7,11,17H2,1H3. The molecule has 1 aliphatic rings. The molecule has 0 spiro atoms. The first-order chi connectivity index (χ1) is 9.22. The molecule has 0 saturated carbocycles. The third kappa shape index (κ3) is 3.91. The molecule has 1 fully saturated rings. The van der Waals surface area contributed by atoms with Gasteiger partial charge >= 0.3 is 0 Å². The summed E-state index contributed by atoms with van der Waals surface area (Å²) in [7, 11) is 0. The fourth-order valence-corrected chi connectivity index (χ4v) is 2.67. The highest BCUT2D eigenvalue weighted by Crippen LogP contribution is 2.24. The van der Waals surface area contributed by atoms with Crippen LogP contribution in [0.4, 0.5) is 10.1 Å². The van der Waals surface area contributed by atoms with Crippen LogP contribution in [0.25, 0.3) is 0 Å². The van der Waals surface area contributed by atoms with Gasteiger partial charge in [-0.25, -0.2) is 4.39 Å². The summed E-state index contributed by atoms with van der Waals surface area (Å²) >= 11 is 0. The van der Waals surface area contributed by atoms with Crippen molar-refractivity contribution in [3.63, 3.8) is 0 Å². The zero-order valence-electron chi connectivity index (χ0n) is 11.6. The molecule has 1 heterocycles. The lowest BCUT2D eigenvalue weighted by molar-refractivity contribution is 0.0526. The van der Waals surface area contributed by atoms with Gasteiger partial charge in [-0.2, -0.15) is 0 Å². The Morgan fingerprint density at radius 2 is 2.26 bits per heavy atom. The van der Waals surface area contributed by atoms with E-state index in [9.17, 15) is 4.39 Å². The molecule has 0 radical (unpaired) electrons. The SMILES string of the molecule is CCOC1CCCN(c2cc(F)cc(CCN)c2)C1. The Bertz CT molecular complexity index is 409. The third-order valence-corrected chi connectivity index (χ3v) is 3.52. The lowest BCUT2D eigenvalue weighted by Crippen LogP contribution is -2.39. The quantitative estimate of drug-likeness (QED) is 0.889. The van der Waals surface area contributed by atoms with Gasteiger partial charge in [0.15, 0.2) is 0 Å². The molecule has 1 aliphatic heterocycles. The van der Waals surface area contributed by atoms with Crippen LogP contribution in [0.1, 0.15) is 25.3 Å². The van der Waals surface area contributed by atoms with Gasteiger partial charge in [-0.05, 0) is 56.5 Å². The van der Waals surface area contributed by atoms with Gasteiger partial charge in [0.25, 0.3) is 0 Å². The zero-order valence-corrected chi connectivity index (χ0v) is 11.6. The summed E-state index contributed by atoms with van der Waals surface area (Å²) in [6, 6.07) is 5.22. The molecule has 1 atom stereocenters. The van der Waals surface area contributed by atoms with Crippen molar-refractivity contribution in [2.75, 3.05) is 31.1 Å². The number of anilines is 1. The molecule has 2 N–H and O–H groups in total. The van der Waals surface area contributed by atoms with Gasteiger partial charge in [-0.3, -0.25) is 0 Å². The van der Waals surface area contributed by atoms with Crippen molar-refractivity contribution in [2.24, 2.45) is 5.73 Å². The average Bonchev–Trinajstić information content (AvgIpc) is 2.39. The molecule has 106 valence electrons. The Hall–Kier alpha value is -1.13. The van der Waals surface area contributed by atoms with Gasteiger partial charge < -0.3 is 15.4 Å². The van der Waals surface area contributed by atoms with Crippen LogP contribution in [0.2, 0.25) is 0 Å². The van der Waals surface area contributed by atoms with Crippen molar-refractivity contribution in [2.45, 2.75) is 32.3 Å². The van der Waals surface area contributed by atoms with Gasteiger partial charge in [0.05, 0.1) is 6.10 Å². The van der Waals surface area contributed by atoms with E-state index in [0.717, 1.165) is 43.8 Å². The van der Waals surface area contributed by atoms with E-state index in [1.165, 1.54) is 0 Å². The fraction of sp³-hybridized carbons (Fsp3) is 0.600. The predicted molar refractivity (Wildman–Crippen MR) is 76.0 cm³/mol. The summed E-state index contributed by atoms with van der Waals surface area (Å²) < 4.78 is 19.3. The van der Waals surface area contributed by atoms with E-state index in [1.54, 1.807) is 12.1 Å². The second-order valence-electron chi connectivity index (χ2n) is 5.02. The Balaban J connectivity index is 2.11. The van der Waals surface area contributed by atoms with E-state index >= 15 is 0 Å². The second-order valence-corrected chi connectivity index (χ2v) is 5.02. The highest BCUT2D eigenvalue weighted by molar-refractivity contribution is 5.49. The molecule has 0 aromatic heterocycles. The van der Waals surface area contributed by atoms with E-state index in [0.29, 0.717) is 13.0 Å². The Kier molecular flexibility index (Phi) is 5.16. The van der Waals surface area contributed by atoms with Crippen LogP contribution in [0.15, 0.2) is 18.2 Å². The molecule has 1 unspecified atom stereocenters. The van der Waals surface area contributed by atoms with E-state index < -0.39 is 0 Å². The molecule has 1 saturated heterocycles. The zero-order chi connectivity index (χ0) is 13.7. The number of hydrogen-bond donors (Lipinski definition) is 1. The summed E-state index contributed by atoms with van der Waals surface area (Å²) in [4.78, 5) is 2.22. The first-order valence-electron chi connectivity index (χ1n) is 7.09. The van der Waals surface area contributed by atoms with Crippen molar-refractivity contribution in [1.82, 2.24) is 0 Å². The highest BCUT2D eigenvalue weighted by Gasteiger charge is 2.20. The molecular weight excluding hydrogens is 243 g/mol. The topological polar surface area (TPSA) is 38.5 Å². The van der Waals surface area contributed by atoms with Crippen molar-refractivity contribution < 1.29 is 9.13 Å². The van der Waals surface area contributed by atoms with E-state index in [4.69, 9.17) is 10.5 Å². The molecule has 0 amide bonds. The van der Waals surface area contributed by atoms with Gasteiger partial charge in [0, 0.05) is 25.4 Å². The molecular formula is C15H23FN2O. The summed E-state index contributed by atoms with van der Waals surface area (Å²) in [5.74, 6) is -0.181. The third-order valence-electron chi connectivity index (χ3n) is 3.52. The van der Waals surface area contributed by atoms with Crippen LogP contribution in [-0.4, -0.2) is 32.3 Å². The number of ether oxygens (including phenoxy) is 1. The van der Waals surface area contributed by atoms with Gasteiger partial charge in [0.2, 0.25) is 0 Å². The number of nitrogens with two attached hydrogens (primary N) is 1. The number of nitrogens with zero attached hydrogens (tertiary/aromatic N) is 1. The largest absolute Gasteiger partial charge is 0.377 e. The lowest BCUT2D eigenvalue weighted by Gasteiger charge is -2.34. The van der Waals surface area contributed by atoms with Crippen molar-refractivity contribution in [3.05, 3.63) is 29.6 Å². The van der Waals surface area contributed by atoms with E-state index in [2.05, 4.69) is 4.90 Å². The van der Waals surface area contributed by atoms with Crippen LogP contribution in [-0.2, 0) is 11.2 Å². The van der Waals surface area contributed by atoms with E-state index in [1.807, 2.05) is 13.0 Å². The van der Waals surface area contributed by atoms with Gasteiger partial charge in [-0.15, -0.1) is 0 Å². The molecule has 19 heavy (non-hydrogen) atoms. The van der Waals surface area contributed by atoms with Crippen LogP contribution in [0.5, 0.6) is 0 Å².